The van der Waals surface area contributed by atoms with Gasteiger partial charge in [0.1, 0.15) is 17.5 Å². The Kier molecular flexibility index (Phi) is 6.70. The number of carbonyl (C=O) groups is 1. The Labute approximate surface area is 168 Å². The summed E-state index contributed by atoms with van der Waals surface area (Å²) in [4.78, 5) is 30.5. The van der Waals surface area contributed by atoms with Crippen LogP contribution in [0.2, 0.25) is 0 Å². The summed E-state index contributed by atoms with van der Waals surface area (Å²) < 4.78 is 10.5. The number of hydroxylamine groups is 1. The third-order valence-corrected chi connectivity index (χ3v) is 4.08. The van der Waals surface area contributed by atoms with Crippen molar-refractivity contribution in [3.8, 4) is 22.9 Å². The Morgan fingerprint density at radius 1 is 1.17 bits per heavy atom. The molecule has 8 nitrogen and oxygen atoms in total. The Morgan fingerprint density at radius 3 is 2.76 bits per heavy atom. The highest BCUT2D eigenvalue weighted by Crippen LogP contribution is 2.21. The van der Waals surface area contributed by atoms with Gasteiger partial charge in [0.2, 0.25) is 5.88 Å². The van der Waals surface area contributed by atoms with E-state index in [0.717, 1.165) is 11.1 Å². The number of benzene rings is 1. The third-order valence-electron chi connectivity index (χ3n) is 4.08. The van der Waals surface area contributed by atoms with Gasteiger partial charge in [-0.2, -0.15) is 0 Å². The molecule has 150 valence electrons. The zero-order valence-corrected chi connectivity index (χ0v) is 16.5. The summed E-state index contributed by atoms with van der Waals surface area (Å²) in [6, 6.07) is 11.0. The highest BCUT2D eigenvalue weighted by molar-refractivity contribution is 5.91. The van der Waals surface area contributed by atoms with Crippen molar-refractivity contribution < 1.29 is 19.1 Å². The van der Waals surface area contributed by atoms with E-state index < -0.39 is 5.91 Å². The van der Waals surface area contributed by atoms with E-state index in [-0.39, 0.29) is 11.8 Å². The van der Waals surface area contributed by atoms with Gasteiger partial charge in [-0.05, 0) is 37.6 Å². The maximum Gasteiger partial charge on any atom is 0.295 e. The molecule has 0 saturated carbocycles. The fraction of sp³-hybridized carbons (Fsp3) is 0.238. The summed E-state index contributed by atoms with van der Waals surface area (Å²) in [5.74, 6) is 0.748. The topological polar surface area (TPSA) is 95.5 Å². The number of methoxy groups -OCH3 is 1. The van der Waals surface area contributed by atoms with E-state index in [1.54, 1.807) is 25.6 Å². The van der Waals surface area contributed by atoms with Gasteiger partial charge in [-0.1, -0.05) is 12.1 Å². The second-order valence-corrected chi connectivity index (χ2v) is 6.08. The van der Waals surface area contributed by atoms with Crippen molar-refractivity contribution in [2.45, 2.75) is 20.0 Å². The first-order chi connectivity index (χ1) is 14.1. The zero-order valence-electron chi connectivity index (χ0n) is 16.5. The molecule has 8 heteroatoms. The Morgan fingerprint density at radius 2 is 2.03 bits per heavy atom. The van der Waals surface area contributed by atoms with Crippen LogP contribution in [0.5, 0.6) is 11.6 Å². The summed E-state index contributed by atoms with van der Waals surface area (Å²) >= 11 is 0. The number of rotatable bonds is 8. The molecule has 3 aromatic rings. The van der Waals surface area contributed by atoms with Crippen LogP contribution in [0.15, 0.2) is 55.0 Å². The molecular formula is C21H22N4O4. The number of hydrogen-bond donors (Lipinski definition) is 1. The quantitative estimate of drug-likeness (QED) is 0.585. The number of nitrogens with one attached hydrogen (secondary N) is 1. The number of carbonyl (C=O) groups excluding carboxylic acids is 1. The largest absolute Gasteiger partial charge is 0.497 e. The Bertz CT molecular complexity index is 963. The van der Waals surface area contributed by atoms with Crippen LogP contribution in [-0.2, 0) is 4.84 Å². The van der Waals surface area contributed by atoms with Gasteiger partial charge >= 0.3 is 0 Å². The summed E-state index contributed by atoms with van der Waals surface area (Å²) in [7, 11) is 1.60. The van der Waals surface area contributed by atoms with Gasteiger partial charge in [0.25, 0.3) is 5.91 Å². The van der Waals surface area contributed by atoms with Crippen molar-refractivity contribution in [2.75, 3.05) is 13.7 Å². The molecular weight excluding hydrogens is 372 g/mol. The van der Waals surface area contributed by atoms with Crippen molar-refractivity contribution in [2.24, 2.45) is 0 Å². The SMILES string of the molecule is CCOc1ccc(-c2cncc(C(=O)NO[C@@H](C)c3cccc(OC)c3)n2)cn1. The van der Waals surface area contributed by atoms with E-state index in [1.807, 2.05) is 44.2 Å². The molecule has 29 heavy (non-hydrogen) atoms. The molecule has 1 amide bonds. The molecule has 1 atom stereocenters. The second-order valence-electron chi connectivity index (χ2n) is 6.08. The lowest BCUT2D eigenvalue weighted by molar-refractivity contribution is -0.00928. The first kappa shape index (κ1) is 20.2. The summed E-state index contributed by atoms with van der Waals surface area (Å²) in [5.41, 5.74) is 4.67. The lowest BCUT2D eigenvalue weighted by Gasteiger charge is -2.14. The third kappa shape index (κ3) is 5.26. The highest BCUT2D eigenvalue weighted by Gasteiger charge is 2.14. The smallest absolute Gasteiger partial charge is 0.295 e. The van der Waals surface area contributed by atoms with E-state index in [4.69, 9.17) is 14.3 Å². The van der Waals surface area contributed by atoms with Gasteiger partial charge in [-0.15, -0.1) is 0 Å². The predicted molar refractivity (Wildman–Crippen MR) is 106 cm³/mol. The highest BCUT2D eigenvalue weighted by atomic mass is 16.7. The van der Waals surface area contributed by atoms with E-state index in [0.29, 0.717) is 23.9 Å². The summed E-state index contributed by atoms with van der Waals surface area (Å²) in [6.07, 6.45) is 4.19. The fourth-order valence-corrected chi connectivity index (χ4v) is 2.54. The van der Waals surface area contributed by atoms with Crippen LogP contribution in [0.25, 0.3) is 11.3 Å². The van der Waals surface area contributed by atoms with E-state index in [2.05, 4.69) is 20.4 Å². The summed E-state index contributed by atoms with van der Waals surface area (Å²) in [6.45, 7) is 4.25. The molecule has 0 fully saturated rings. The molecule has 0 unspecified atom stereocenters. The summed E-state index contributed by atoms with van der Waals surface area (Å²) in [5, 5.41) is 0. The minimum atomic E-state index is -0.493. The molecule has 2 heterocycles. The molecule has 0 aliphatic carbocycles. The lowest BCUT2D eigenvalue weighted by Crippen LogP contribution is -2.26. The second kappa shape index (κ2) is 9.61. The van der Waals surface area contributed by atoms with Crippen molar-refractivity contribution in [1.29, 1.82) is 0 Å². The monoisotopic (exact) mass is 394 g/mol. The van der Waals surface area contributed by atoms with E-state index in [1.165, 1.54) is 6.20 Å². The molecule has 1 aromatic carbocycles. The molecule has 0 saturated heterocycles. The average Bonchev–Trinajstić information content (AvgIpc) is 2.78. The first-order valence-corrected chi connectivity index (χ1v) is 9.12. The standard InChI is InChI=1S/C21H22N4O4/c1-4-28-20-9-8-16(11-23-20)18-12-22-13-19(24-18)21(26)25-29-14(2)15-6-5-7-17(10-15)27-3/h5-14H,4H2,1-3H3,(H,25,26)/t14-/m0/s1. The van der Waals surface area contributed by atoms with Crippen LogP contribution in [0.4, 0.5) is 0 Å². The van der Waals surface area contributed by atoms with E-state index >= 15 is 0 Å². The average molecular weight is 394 g/mol. The fourth-order valence-electron chi connectivity index (χ4n) is 2.54. The van der Waals surface area contributed by atoms with E-state index in [9.17, 15) is 4.79 Å². The predicted octanol–water partition coefficient (Wildman–Crippen LogP) is 3.37. The van der Waals surface area contributed by atoms with Gasteiger partial charge in [0, 0.05) is 17.8 Å². The normalized spacial score (nSPS) is 11.6. The van der Waals surface area contributed by atoms with Crippen LogP contribution in [0.1, 0.15) is 36.0 Å². The number of pyridine rings is 1. The van der Waals surface area contributed by atoms with Crippen molar-refractivity contribution in [3.63, 3.8) is 0 Å². The maximum absolute atomic E-state index is 12.4. The van der Waals surface area contributed by atoms with Crippen LogP contribution in [-0.4, -0.2) is 34.6 Å². The molecule has 3 rings (SSSR count). The zero-order chi connectivity index (χ0) is 20.6. The van der Waals surface area contributed by atoms with Crippen LogP contribution < -0.4 is 15.0 Å². The number of amides is 1. The van der Waals surface area contributed by atoms with Crippen LogP contribution in [0, 0.1) is 0 Å². The van der Waals surface area contributed by atoms with Gasteiger partial charge in [0.05, 0.1) is 31.8 Å². The van der Waals surface area contributed by atoms with Gasteiger partial charge in [-0.3, -0.25) is 14.6 Å². The number of aromatic nitrogens is 3. The molecule has 0 aliphatic heterocycles. The Hall–Kier alpha value is -3.52. The van der Waals surface area contributed by atoms with Crippen molar-refractivity contribution in [1.82, 2.24) is 20.4 Å². The first-order valence-electron chi connectivity index (χ1n) is 9.12. The van der Waals surface area contributed by atoms with Gasteiger partial charge in [0.15, 0.2) is 0 Å². The van der Waals surface area contributed by atoms with Crippen molar-refractivity contribution in [3.05, 3.63) is 66.2 Å². The minimum Gasteiger partial charge on any atom is -0.497 e. The minimum absolute atomic E-state index is 0.134. The molecule has 0 aliphatic rings. The molecule has 0 radical (unpaired) electrons. The van der Waals surface area contributed by atoms with Crippen molar-refractivity contribution >= 4 is 5.91 Å². The van der Waals surface area contributed by atoms with Gasteiger partial charge in [-0.25, -0.2) is 15.4 Å². The molecule has 0 bridgehead atoms. The lowest BCUT2D eigenvalue weighted by atomic mass is 10.1. The maximum atomic E-state index is 12.4. The van der Waals surface area contributed by atoms with Crippen LogP contribution in [0.3, 0.4) is 0 Å². The number of ether oxygens (including phenoxy) is 2. The number of nitrogens with zero attached hydrogens (tertiary/aromatic N) is 3. The number of hydrogen-bond acceptors (Lipinski definition) is 7. The molecule has 2 aromatic heterocycles. The molecule has 1 N–H and O–H groups in total. The molecule has 0 spiro atoms. The van der Waals surface area contributed by atoms with Gasteiger partial charge < -0.3 is 9.47 Å². The Balaban J connectivity index is 1.66. The van der Waals surface area contributed by atoms with Crippen LogP contribution >= 0.6 is 0 Å².